The third kappa shape index (κ3) is 4.89. The lowest BCUT2D eigenvalue weighted by atomic mass is 9.98. The van der Waals surface area contributed by atoms with Gasteiger partial charge in [-0.25, -0.2) is 4.98 Å². The SMILES string of the molecule is COc1cccc(Nc2ncccc2C(=O)N2CCOC[C@@H](Cc3ccc4ccoc4c3)C2)c1. The van der Waals surface area contributed by atoms with E-state index < -0.39 is 0 Å². The largest absolute Gasteiger partial charge is 0.497 e. The van der Waals surface area contributed by atoms with Gasteiger partial charge in [0.1, 0.15) is 17.2 Å². The van der Waals surface area contributed by atoms with E-state index in [1.807, 2.05) is 41.3 Å². The van der Waals surface area contributed by atoms with Gasteiger partial charge in [0.25, 0.3) is 5.91 Å². The van der Waals surface area contributed by atoms with Gasteiger partial charge in [0, 0.05) is 42.3 Å². The first-order valence-corrected chi connectivity index (χ1v) is 11.4. The number of fused-ring (bicyclic) bond motifs is 1. The van der Waals surface area contributed by atoms with Crippen molar-refractivity contribution in [2.75, 3.05) is 38.7 Å². The lowest BCUT2D eigenvalue weighted by Gasteiger charge is -2.24. The molecule has 2 aromatic carbocycles. The standard InChI is InChI=1S/C27H27N3O4/c1-32-23-5-2-4-22(16-23)29-26-24(6-3-10-28-26)27(31)30-11-13-33-18-20(17-30)14-19-7-8-21-9-12-34-25(21)15-19/h2-10,12,15-16,20H,11,13-14,17-18H2,1H3,(H,28,29)/t20-/m0/s1. The van der Waals surface area contributed by atoms with Crippen LogP contribution in [0.25, 0.3) is 11.0 Å². The van der Waals surface area contributed by atoms with Crippen molar-refractivity contribution in [3.05, 3.63) is 84.3 Å². The van der Waals surface area contributed by atoms with Crippen molar-refractivity contribution in [1.82, 2.24) is 9.88 Å². The predicted octanol–water partition coefficient (Wildman–Crippen LogP) is 4.91. The van der Waals surface area contributed by atoms with Crippen LogP contribution in [0.3, 0.4) is 0 Å². The number of benzene rings is 2. The molecule has 0 bridgehead atoms. The molecule has 1 fully saturated rings. The van der Waals surface area contributed by atoms with Gasteiger partial charge in [0.2, 0.25) is 0 Å². The van der Waals surface area contributed by atoms with E-state index in [0.717, 1.165) is 28.8 Å². The van der Waals surface area contributed by atoms with Gasteiger partial charge in [-0.15, -0.1) is 0 Å². The quantitative estimate of drug-likeness (QED) is 0.443. The van der Waals surface area contributed by atoms with Crippen molar-refractivity contribution in [2.24, 2.45) is 5.92 Å². The van der Waals surface area contributed by atoms with Crippen LogP contribution in [-0.4, -0.2) is 49.2 Å². The molecule has 1 saturated heterocycles. The Hall–Kier alpha value is -3.84. The maximum atomic E-state index is 13.6. The first-order chi connectivity index (χ1) is 16.7. The zero-order valence-electron chi connectivity index (χ0n) is 19.1. The Morgan fingerprint density at radius 3 is 3.03 bits per heavy atom. The number of nitrogens with one attached hydrogen (secondary N) is 1. The number of carbonyl (C=O) groups excluding carboxylic acids is 1. The van der Waals surface area contributed by atoms with Crippen molar-refractivity contribution in [2.45, 2.75) is 6.42 Å². The fourth-order valence-electron chi connectivity index (χ4n) is 4.33. The highest BCUT2D eigenvalue weighted by molar-refractivity contribution is 5.99. The monoisotopic (exact) mass is 457 g/mol. The molecular formula is C27H27N3O4. The van der Waals surface area contributed by atoms with Crippen LogP contribution in [-0.2, 0) is 11.2 Å². The van der Waals surface area contributed by atoms with Gasteiger partial charge >= 0.3 is 0 Å². The van der Waals surface area contributed by atoms with Gasteiger partial charge < -0.3 is 24.1 Å². The van der Waals surface area contributed by atoms with Crippen molar-refractivity contribution in [3.63, 3.8) is 0 Å². The topological polar surface area (TPSA) is 76.8 Å². The second kappa shape index (κ2) is 9.97. The first kappa shape index (κ1) is 22.0. The Bertz CT molecular complexity index is 1290. The number of pyridine rings is 1. The minimum atomic E-state index is -0.0597. The van der Waals surface area contributed by atoms with Gasteiger partial charge in [-0.2, -0.15) is 0 Å². The highest BCUT2D eigenvalue weighted by Crippen LogP contribution is 2.25. The first-order valence-electron chi connectivity index (χ1n) is 11.4. The number of aromatic nitrogens is 1. The summed E-state index contributed by atoms with van der Waals surface area (Å²) in [7, 11) is 1.62. The number of amides is 1. The highest BCUT2D eigenvalue weighted by atomic mass is 16.5. The summed E-state index contributed by atoms with van der Waals surface area (Å²) in [6.07, 6.45) is 4.19. The number of methoxy groups -OCH3 is 1. The molecule has 0 aliphatic carbocycles. The summed E-state index contributed by atoms with van der Waals surface area (Å²) in [4.78, 5) is 19.9. The predicted molar refractivity (Wildman–Crippen MR) is 131 cm³/mol. The van der Waals surface area contributed by atoms with Gasteiger partial charge in [-0.3, -0.25) is 4.79 Å². The van der Waals surface area contributed by atoms with Crippen LogP contribution in [0.2, 0.25) is 0 Å². The number of hydrogen-bond acceptors (Lipinski definition) is 6. The molecule has 7 heteroatoms. The van der Waals surface area contributed by atoms with Gasteiger partial charge in [0.05, 0.1) is 32.2 Å². The molecule has 0 spiro atoms. The maximum absolute atomic E-state index is 13.6. The number of nitrogens with zero attached hydrogens (tertiary/aromatic N) is 2. The number of ether oxygens (including phenoxy) is 2. The normalized spacial score (nSPS) is 16.3. The molecule has 0 unspecified atom stereocenters. The zero-order valence-corrected chi connectivity index (χ0v) is 19.1. The Morgan fingerprint density at radius 2 is 2.12 bits per heavy atom. The van der Waals surface area contributed by atoms with E-state index in [9.17, 15) is 4.79 Å². The van der Waals surface area contributed by atoms with Crippen molar-refractivity contribution < 1.29 is 18.7 Å². The van der Waals surface area contributed by atoms with Crippen molar-refractivity contribution >= 4 is 28.4 Å². The Labute approximate surface area is 198 Å². The summed E-state index contributed by atoms with van der Waals surface area (Å²) in [6.45, 7) is 2.28. The molecule has 4 aromatic rings. The number of carbonyl (C=O) groups is 1. The van der Waals surface area contributed by atoms with Crippen LogP contribution in [0, 0.1) is 5.92 Å². The van der Waals surface area contributed by atoms with Crippen LogP contribution < -0.4 is 10.1 Å². The maximum Gasteiger partial charge on any atom is 0.257 e. The minimum Gasteiger partial charge on any atom is -0.497 e. The summed E-state index contributed by atoms with van der Waals surface area (Å²) in [5, 5.41) is 4.36. The second-order valence-corrected chi connectivity index (χ2v) is 8.45. The third-order valence-corrected chi connectivity index (χ3v) is 6.04. The average molecular weight is 458 g/mol. The van der Waals surface area contributed by atoms with E-state index in [-0.39, 0.29) is 11.8 Å². The lowest BCUT2D eigenvalue weighted by molar-refractivity contribution is 0.0738. The molecule has 0 saturated carbocycles. The number of rotatable bonds is 6. The third-order valence-electron chi connectivity index (χ3n) is 6.04. The second-order valence-electron chi connectivity index (χ2n) is 8.45. The molecule has 2 aromatic heterocycles. The van der Waals surface area contributed by atoms with E-state index in [1.54, 1.807) is 25.6 Å². The summed E-state index contributed by atoms with van der Waals surface area (Å²) in [6, 6.07) is 19.4. The number of furan rings is 1. The fourth-order valence-corrected chi connectivity index (χ4v) is 4.33. The molecule has 1 N–H and O–H groups in total. The molecule has 1 aliphatic heterocycles. The Kier molecular flexibility index (Phi) is 6.44. The highest BCUT2D eigenvalue weighted by Gasteiger charge is 2.26. The zero-order chi connectivity index (χ0) is 23.3. The molecule has 1 atom stereocenters. The average Bonchev–Trinajstić information content (AvgIpc) is 3.21. The summed E-state index contributed by atoms with van der Waals surface area (Å²) in [5.41, 5.74) is 3.39. The fraction of sp³-hybridized carbons (Fsp3) is 0.259. The number of hydrogen-bond donors (Lipinski definition) is 1. The van der Waals surface area contributed by atoms with Gasteiger partial charge in [-0.05, 0) is 48.4 Å². The smallest absolute Gasteiger partial charge is 0.257 e. The van der Waals surface area contributed by atoms with Crippen molar-refractivity contribution in [1.29, 1.82) is 0 Å². The van der Waals surface area contributed by atoms with Crippen LogP contribution >= 0.6 is 0 Å². The Balaban J connectivity index is 1.33. The van der Waals surface area contributed by atoms with E-state index in [2.05, 4.69) is 28.5 Å². The minimum absolute atomic E-state index is 0.0597. The lowest BCUT2D eigenvalue weighted by Crippen LogP contribution is -2.36. The molecule has 174 valence electrons. The molecule has 5 rings (SSSR count). The molecule has 0 radical (unpaired) electrons. The van der Waals surface area contributed by atoms with Crippen LogP contribution in [0.4, 0.5) is 11.5 Å². The van der Waals surface area contributed by atoms with Crippen LogP contribution in [0.5, 0.6) is 5.75 Å². The molecular weight excluding hydrogens is 430 g/mol. The van der Waals surface area contributed by atoms with Gasteiger partial charge in [0.15, 0.2) is 0 Å². The van der Waals surface area contributed by atoms with Crippen molar-refractivity contribution in [3.8, 4) is 5.75 Å². The summed E-state index contributed by atoms with van der Waals surface area (Å²) in [5.74, 6) is 1.38. The van der Waals surface area contributed by atoms with Crippen LogP contribution in [0.1, 0.15) is 15.9 Å². The van der Waals surface area contributed by atoms with E-state index in [0.29, 0.717) is 37.7 Å². The molecule has 34 heavy (non-hydrogen) atoms. The Morgan fingerprint density at radius 1 is 1.18 bits per heavy atom. The van der Waals surface area contributed by atoms with Gasteiger partial charge in [-0.1, -0.05) is 18.2 Å². The van der Waals surface area contributed by atoms with Crippen LogP contribution in [0.15, 0.2) is 77.5 Å². The summed E-state index contributed by atoms with van der Waals surface area (Å²) >= 11 is 0. The molecule has 3 heterocycles. The van der Waals surface area contributed by atoms with E-state index in [4.69, 9.17) is 13.9 Å². The summed E-state index contributed by atoms with van der Waals surface area (Å²) < 4.78 is 16.7. The van der Waals surface area contributed by atoms with E-state index >= 15 is 0 Å². The van der Waals surface area contributed by atoms with E-state index in [1.165, 1.54) is 5.56 Å². The molecule has 7 nitrogen and oxygen atoms in total. The molecule has 1 aliphatic rings. The number of anilines is 2. The molecule has 1 amide bonds.